The number of fused-ring (bicyclic) bond motifs is 2. The van der Waals surface area contributed by atoms with Gasteiger partial charge in [-0.2, -0.15) is 9.78 Å². The molecule has 5 aromatic rings. The number of aromatic hydroxyl groups is 1. The van der Waals surface area contributed by atoms with Crippen LogP contribution in [0.3, 0.4) is 0 Å². The quantitative estimate of drug-likeness (QED) is 0.373. The van der Waals surface area contributed by atoms with Gasteiger partial charge in [0.2, 0.25) is 9.84 Å². The van der Waals surface area contributed by atoms with E-state index in [4.69, 9.17) is 10.5 Å². The lowest BCUT2D eigenvalue weighted by atomic mass is 10.2. The molecule has 5 rings (SSSR count). The molecule has 0 unspecified atom stereocenters. The number of rotatable bonds is 5. The van der Waals surface area contributed by atoms with Crippen LogP contribution in [0.4, 0.5) is 5.82 Å². The Kier molecular flexibility index (Phi) is 5.14. The van der Waals surface area contributed by atoms with Gasteiger partial charge >= 0.3 is 0 Å². The number of hydrogen-bond acceptors (Lipinski definition) is 8. The van der Waals surface area contributed by atoms with Crippen molar-refractivity contribution in [3.63, 3.8) is 0 Å². The van der Waals surface area contributed by atoms with Crippen molar-refractivity contribution in [2.75, 3.05) is 12.8 Å². The summed E-state index contributed by atoms with van der Waals surface area (Å²) in [6.45, 7) is 0. The van der Waals surface area contributed by atoms with Gasteiger partial charge in [0.25, 0.3) is 0 Å². The van der Waals surface area contributed by atoms with Crippen LogP contribution in [-0.4, -0.2) is 41.5 Å². The number of anilines is 1. The standard InChI is InChI=1S/C24H19N5O4S/c1-33-17-9-11-18(12-10-17)34(31,32)22-21-24(28-20-8-3-2-7-19(20)27-21)29(23(22)25)26-14-15-5-4-6-16(30)13-15/h2-14,30H,25H2,1H3/b26-14-. The van der Waals surface area contributed by atoms with Gasteiger partial charge in [0, 0.05) is 0 Å². The predicted octanol–water partition coefficient (Wildman–Crippen LogP) is 3.60. The molecule has 0 bridgehead atoms. The minimum absolute atomic E-state index is 0.0333. The van der Waals surface area contributed by atoms with E-state index < -0.39 is 9.84 Å². The summed E-state index contributed by atoms with van der Waals surface area (Å²) < 4.78 is 33.7. The molecule has 0 aliphatic rings. The highest BCUT2D eigenvalue weighted by Gasteiger charge is 2.30. The SMILES string of the molecule is COc1ccc(S(=O)(=O)c2c(N)n(/N=C\c3cccc(O)c3)c3nc4ccccc4nc23)cc1. The minimum Gasteiger partial charge on any atom is -0.508 e. The normalized spacial score (nSPS) is 12.0. The van der Waals surface area contributed by atoms with Crippen LogP contribution < -0.4 is 10.5 Å². The van der Waals surface area contributed by atoms with E-state index in [1.807, 2.05) is 6.07 Å². The lowest BCUT2D eigenvalue weighted by molar-refractivity contribution is 0.414. The number of nitrogen functional groups attached to an aromatic ring is 1. The number of phenols is 1. The lowest BCUT2D eigenvalue weighted by Gasteiger charge is -2.06. The molecular weight excluding hydrogens is 454 g/mol. The molecule has 0 spiro atoms. The van der Waals surface area contributed by atoms with Crippen LogP contribution in [0.25, 0.3) is 22.2 Å². The molecule has 0 saturated heterocycles. The fourth-order valence-corrected chi connectivity index (χ4v) is 5.09. The monoisotopic (exact) mass is 473 g/mol. The van der Waals surface area contributed by atoms with Crippen molar-refractivity contribution in [2.24, 2.45) is 5.10 Å². The van der Waals surface area contributed by atoms with Crippen molar-refractivity contribution in [3.8, 4) is 11.5 Å². The maximum atomic E-state index is 13.6. The van der Waals surface area contributed by atoms with Crippen molar-refractivity contribution in [1.29, 1.82) is 0 Å². The van der Waals surface area contributed by atoms with Crippen molar-refractivity contribution in [3.05, 3.63) is 78.4 Å². The van der Waals surface area contributed by atoms with E-state index in [1.54, 1.807) is 42.5 Å². The molecule has 3 aromatic carbocycles. The zero-order chi connectivity index (χ0) is 23.9. The van der Waals surface area contributed by atoms with Crippen molar-refractivity contribution >= 4 is 44.1 Å². The summed E-state index contributed by atoms with van der Waals surface area (Å²) in [5.41, 5.74) is 8.35. The maximum Gasteiger partial charge on any atom is 0.212 e. The van der Waals surface area contributed by atoms with Gasteiger partial charge in [-0.1, -0.05) is 24.3 Å². The van der Waals surface area contributed by atoms with Gasteiger partial charge in [-0.25, -0.2) is 18.4 Å². The highest BCUT2D eigenvalue weighted by atomic mass is 32.2. The van der Waals surface area contributed by atoms with Crippen molar-refractivity contribution in [1.82, 2.24) is 14.6 Å². The van der Waals surface area contributed by atoms with Crippen molar-refractivity contribution < 1.29 is 18.3 Å². The Hall–Kier alpha value is -4.44. The highest BCUT2D eigenvalue weighted by Crippen LogP contribution is 2.35. The molecule has 0 fully saturated rings. The van der Waals surface area contributed by atoms with Gasteiger partial charge in [0.1, 0.15) is 27.7 Å². The van der Waals surface area contributed by atoms with Gasteiger partial charge in [-0.05, 0) is 54.1 Å². The first-order valence-electron chi connectivity index (χ1n) is 10.2. The van der Waals surface area contributed by atoms with E-state index in [9.17, 15) is 13.5 Å². The Morgan fingerprint density at radius 2 is 1.71 bits per heavy atom. The first-order valence-corrected chi connectivity index (χ1v) is 11.7. The van der Waals surface area contributed by atoms with Crippen LogP contribution in [0.15, 0.2) is 87.7 Å². The maximum absolute atomic E-state index is 13.6. The molecule has 0 aliphatic heterocycles. The summed E-state index contributed by atoms with van der Waals surface area (Å²) in [4.78, 5) is 9.02. The third-order valence-electron chi connectivity index (χ3n) is 5.26. The number of methoxy groups -OCH3 is 1. The number of nitrogens with zero attached hydrogens (tertiary/aromatic N) is 4. The number of aromatic nitrogens is 3. The summed E-state index contributed by atoms with van der Waals surface area (Å²) in [6.07, 6.45) is 1.45. The lowest BCUT2D eigenvalue weighted by Crippen LogP contribution is -2.06. The molecule has 0 saturated carbocycles. The minimum atomic E-state index is -4.08. The van der Waals surface area contributed by atoms with Crippen LogP contribution in [0.2, 0.25) is 0 Å². The molecule has 10 heteroatoms. The number of para-hydroxylation sites is 2. The van der Waals surface area contributed by atoms with E-state index in [0.717, 1.165) is 0 Å². The largest absolute Gasteiger partial charge is 0.508 e. The smallest absolute Gasteiger partial charge is 0.212 e. The fraction of sp³-hybridized carbons (Fsp3) is 0.0417. The first-order chi connectivity index (χ1) is 16.4. The van der Waals surface area contributed by atoms with Gasteiger partial charge in [0.15, 0.2) is 5.65 Å². The molecule has 0 atom stereocenters. The number of ether oxygens (including phenoxy) is 1. The van der Waals surface area contributed by atoms with Gasteiger partial charge in [-0.3, -0.25) is 0 Å². The topological polar surface area (TPSA) is 133 Å². The van der Waals surface area contributed by atoms with E-state index >= 15 is 0 Å². The van der Waals surface area contributed by atoms with Crippen LogP contribution in [0.1, 0.15) is 5.56 Å². The molecule has 9 nitrogen and oxygen atoms in total. The molecule has 2 aromatic heterocycles. The molecule has 34 heavy (non-hydrogen) atoms. The Bertz CT molecular complexity index is 1680. The summed E-state index contributed by atoms with van der Waals surface area (Å²) in [5.74, 6) is 0.469. The average Bonchev–Trinajstić information content (AvgIpc) is 3.12. The fourth-order valence-electron chi connectivity index (χ4n) is 3.61. The number of phenolic OH excluding ortho intramolecular Hbond substituents is 1. The second-order valence-electron chi connectivity index (χ2n) is 7.43. The second-order valence-corrected chi connectivity index (χ2v) is 9.32. The summed E-state index contributed by atoms with van der Waals surface area (Å²) in [5, 5.41) is 14.1. The molecule has 170 valence electrons. The number of nitrogens with two attached hydrogens (primary N) is 1. The third-order valence-corrected chi connectivity index (χ3v) is 7.09. The molecule has 0 aliphatic carbocycles. The molecular formula is C24H19N5O4S. The average molecular weight is 474 g/mol. The summed E-state index contributed by atoms with van der Waals surface area (Å²) >= 11 is 0. The van der Waals surface area contributed by atoms with Gasteiger partial charge in [0.05, 0.1) is 29.3 Å². The Balaban J connectivity index is 1.77. The Labute approximate surface area is 194 Å². The van der Waals surface area contributed by atoms with Gasteiger partial charge in [-0.15, -0.1) is 0 Å². The second kappa shape index (κ2) is 8.16. The van der Waals surface area contributed by atoms with Crippen LogP contribution in [0.5, 0.6) is 11.5 Å². The number of sulfone groups is 1. The zero-order valence-electron chi connectivity index (χ0n) is 18.0. The van der Waals surface area contributed by atoms with E-state index in [-0.39, 0.29) is 32.5 Å². The van der Waals surface area contributed by atoms with Crippen LogP contribution in [0, 0.1) is 0 Å². The van der Waals surface area contributed by atoms with Gasteiger partial charge < -0.3 is 15.6 Å². The van der Waals surface area contributed by atoms with E-state index in [1.165, 1.54) is 42.3 Å². The molecule has 0 amide bonds. The van der Waals surface area contributed by atoms with Crippen LogP contribution in [-0.2, 0) is 9.84 Å². The summed E-state index contributed by atoms with van der Waals surface area (Å²) in [6, 6.07) is 19.6. The van der Waals surface area contributed by atoms with Crippen molar-refractivity contribution in [2.45, 2.75) is 9.79 Å². The Morgan fingerprint density at radius 1 is 1.00 bits per heavy atom. The third kappa shape index (κ3) is 3.59. The highest BCUT2D eigenvalue weighted by molar-refractivity contribution is 7.92. The summed E-state index contributed by atoms with van der Waals surface area (Å²) in [7, 11) is -2.58. The molecule has 0 radical (unpaired) electrons. The molecule has 3 N–H and O–H groups in total. The Morgan fingerprint density at radius 3 is 2.38 bits per heavy atom. The van der Waals surface area contributed by atoms with E-state index in [2.05, 4.69) is 15.1 Å². The number of benzene rings is 3. The number of hydrogen-bond donors (Lipinski definition) is 2. The zero-order valence-corrected chi connectivity index (χ0v) is 18.8. The predicted molar refractivity (Wildman–Crippen MR) is 129 cm³/mol. The molecule has 2 heterocycles. The van der Waals surface area contributed by atoms with E-state index in [0.29, 0.717) is 22.3 Å². The first kappa shape index (κ1) is 21.4. The van der Waals surface area contributed by atoms with Crippen LogP contribution >= 0.6 is 0 Å².